The van der Waals surface area contributed by atoms with Gasteiger partial charge in [0.05, 0.1) is 5.56 Å². The van der Waals surface area contributed by atoms with Crippen LogP contribution >= 0.6 is 11.6 Å². The van der Waals surface area contributed by atoms with Crippen molar-refractivity contribution in [3.63, 3.8) is 0 Å². The lowest BCUT2D eigenvalue weighted by atomic mass is 10.1. The highest BCUT2D eigenvalue weighted by molar-refractivity contribution is 6.30. The molecule has 0 amide bonds. The van der Waals surface area contributed by atoms with Crippen LogP contribution in [0.5, 0.6) is 11.5 Å². The van der Waals surface area contributed by atoms with Gasteiger partial charge in [0, 0.05) is 5.02 Å². The molecular formula is C15H13ClO2. The molecule has 0 bridgehead atoms. The highest BCUT2D eigenvalue weighted by Gasteiger charge is 2.09. The number of hydrogen-bond donors (Lipinski definition) is 0. The van der Waals surface area contributed by atoms with E-state index in [9.17, 15) is 4.79 Å². The second-order valence-electron chi connectivity index (χ2n) is 4.06. The van der Waals surface area contributed by atoms with Gasteiger partial charge in [-0.1, -0.05) is 29.8 Å². The van der Waals surface area contributed by atoms with Gasteiger partial charge in [-0.3, -0.25) is 4.79 Å². The molecule has 2 nitrogen and oxygen atoms in total. The molecule has 0 atom stereocenters. The van der Waals surface area contributed by atoms with E-state index in [0.29, 0.717) is 22.1 Å². The molecule has 0 unspecified atom stereocenters. The first-order valence-electron chi connectivity index (χ1n) is 5.62. The van der Waals surface area contributed by atoms with E-state index in [1.807, 2.05) is 25.1 Å². The zero-order valence-electron chi connectivity index (χ0n) is 10.2. The van der Waals surface area contributed by atoms with Crippen molar-refractivity contribution in [2.45, 2.75) is 13.8 Å². The summed E-state index contributed by atoms with van der Waals surface area (Å²) in [6.07, 6.45) is 0. The molecule has 2 aromatic carbocycles. The highest BCUT2D eigenvalue weighted by atomic mass is 35.5. The lowest BCUT2D eigenvalue weighted by Crippen LogP contribution is -1.97. The van der Waals surface area contributed by atoms with Gasteiger partial charge in [0.1, 0.15) is 11.5 Å². The normalized spacial score (nSPS) is 10.2. The summed E-state index contributed by atoms with van der Waals surface area (Å²) in [5.41, 5.74) is 1.54. The zero-order chi connectivity index (χ0) is 13.1. The number of halogens is 1. The summed E-state index contributed by atoms with van der Waals surface area (Å²) < 4.78 is 5.78. The summed E-state index contributed by atoms with van der Waals surface area (Å²) in [5.74, 6) is 1.19. The standard InChI is InChI=1S/C15H13ClO2/c1-10-7-8-12(16)9-15(10)18-14-6-4-3-5-13(14)11(2)17/h3-9H,1-2H3. The molecular weight excluding hydrogens is 248 g/mol. The number of benzene rings is 2. The first kappa shape index (κ1) is 12.7. The van der Waals surface area contributed by atoms with E-state index in [2.05, 4.69) is 0 Å². The van der Waals surface area contributed by atoms with Gasteiger partial charge < -0.3 is 4.74 Å². The van der Waals surface area contributed by atoms with Crippen molar-refractivity contribution in [3.8, 4) is 11.5 Å². The minimum absolute atomic E-state index is 0.0229. The summed E-state index contributed by atoms with van der Waals surface area (Å²) in [7, 11) is 0. The number of carbonyl (C=O) groups is 1. The molecule has 0 heterocycles. The van der Waals surface area contributed by atoms with E-state index in [4.69, 9.17) is 16.3 Å². The van der Waals surface area contributed by atoms with Crippen LogP contribution in [0.4, 0.5) is 0 Å². The summed E-state index contributed by atoms with van der Waals surface area (Å²) in [5, 5.41) is 0.607. The minimum atomic E-state index is -0.0229. The average molecular weight is 261 g/mol. The molecule has 0 radical (unpaired) electrons. The number of ether oxygens (including phenoxy) is 1. The first-order valence-corrected chi connectivity index (χ1v) is 5.99. The van der Waals surface area contributed by atoms with Gasteiger partial charge in [0.15, 0.2) is 5.78 Å². The van der Waals surface area contributed by atoms with Crippen LogP contribution in [0.2, 0.25) is 5.02 Å². The number of aryl methyl sites for hydroxylation is 1. The van der Waals surface area contributed by atoms with Crippen LogP contribution in [-0.4, -0.2) is 5.78 Å². The number of carbonyl (C=O) groups excluding carboxylic acids is 1. The molecule has 2 aromatic rings. The zero-order valence-corrected chi connectivity index (χ0v) is 11.0. The van der Waals surface area contributed by atoms with Crippen LogP contribution in [0, 0.1) is 6.92 Å². The van der Waals surface area contributed by atoms with Gasteiger partial charge in [-0.05, 0) is 43.7 Å². The average Bonchev–Trinajstić information content (AvgIpc) is 2.34. The fraction of sp³-hybridized carbons (Fsp3) is 0.133. The number of ketones is 1. The Hall–Kier alpha value is -1.80. The van der Waals surface area contributed by atoms with Crippen LogP contribution in [0.25, 0.3) is 0 Å². The topological polar surface area (TPSA) is 26.3 Å². The van der Waals surface area contributed by atoms with Gasteiger partial charge in [0.25, 0.3) is 0 Å². The van der Waals surface area contributed by atoms with E-state index in [-0.39, 0.29) is 5.78 Å². The van der Waals surface area contributed by atoms with Crippen molar-refractivity contribution in [3.05, 3.63) is 58.6 Å². The van der Waals surface area contributed by atoms with Gasteiger partial charge in [0.2, 0.25) is 0 Å². The SMILES string of the molecule is CC(=O)c1ccccc1Oc1cc(Cl)ccc1C. The van der Waals surface area contributed by atoms with E-state index in [1.165, 1.54) is 6.92 Å². The number of rotatable bonds is 3. The Morgan fingerprint density at radius 1 is 1.11 bits per heavy atom. The molecule has 0 saturated carbocycles. The van der Waals surface area contributed by atoms with Gasteiger partial charge in [-0.25, -0.2) is 0 Å². The Kier molecular flexibility index (Phi) is 3.68. The fourth-order valence-corrected chi connectivity index (χ4v) is 1.81. The first-order chi connectivity index (χ1) is 8.58. The Labute approximate surface area is 111 Å². The van der Waals surface area contributed by atoms with Gasteiger partial charge in [-0.15, -0.1) is 0 Å². The predicted octanol–water partition coefficient (Wildman–Crippen LogP) is 4.64. The third kappa shape index (κ3) is 2.71. The van der Waals surface area contributed by atoms with Crippen molar-refractivity contribution < 1.29 is 9.53 Å². The lowest BCUT2D eigenvalue weighted by molar-refractivity contribution is 0.101. The number of hydrogen-bond acceptors (Lipinski definition) is 2. The molecule has 0 saturated heterocycles. The second-order valence-corrected chi connectivity index (χ2v) is 4.50. The fourth-order valence-electron chi connectivity index (χ4n) is 1.65. The van der Waals surface area contributed by atoms with Crippen LogP contribution in [-0.2, 0) is 0 Å². The second kappa shape index (κ2) is 5.23. The molecule has 0 N–H and O–H groups in total. The third-order valence-electron chi connectivity index (χ3n) is 2.64. The van der Waals surface area contributed by atoms with Crippen molar-refractivity contribution in [1.82, 2.24) is 0 Å². The molecule has 0 aliphatic heterocycles. The minimum Gasteiger partial charge on any atom is -0.456 e. The van der Waals surface area contributed by atoms with E-state index in [1.54, 1.807) is 24.3 Å². The quantitative estimate of drug-likeness (QED) is 0.752. The van der Waals surface area contributed by atoms with Crippen LogP contribution < -0.4 is 4.74 Å². The summed E-state index contributed by atoms with van der Waals surface area (Å²) in [6, 6.07) is 12.6. The number of para-hydroxylation sites is 1. The molecule has 0 aromatic heterocycles. The van der Waals surface area contributed by atoms with Gasteiger partial charge in [-0.2, -0.15) is 0 Å². The molecule has 0 fully saturated rings. The Morgan fingerprint density at radius 2 is 1.83 bits per heavy atom. The lowest BCUT2D eigenvalue weighted by Gasteiger charge is -2.11. The Bertz CT molecular complexity index is 591. The maximum absolute atomic E-state index is 11.5. The van der Waals surface area contributed by atoms with E-state index >= 15 is 0 Å². The third-order valence-corrected chi connectivity index (χ3v) is 2.87. The maximum atomic E-state index is 11.5. The summed E-state index contributed by atoms with van der Waals surface area (Å²) >= 11 is 5.94. The Balaban J connectivity index is 2.40. The van der Waals surface area contributed by atoms with Crippen LogP contribution in [0.3, 0.4) is 0 Å². The van der Waals surface area contributed by atoms with Crippen LogP contribution in [0.15, 0.2) is 42.5 Å². The van der Waals surface area contributed by atoms with E-state index in [0.717, 1.165) is 5.56 Å². The molecule has 3 heteroatoms. The largest absolute Gasteiger partial charge is 0.456 e. The molecule has 92 valence electrons. The van der Waals surface area contributed by atoms with Gasteiger partial charge >= 0.3 is 0 Å². The van der Waals surface area contributed by atoms with Crippen molar-refractivity contribution >= 4 is 17.4 Å². The maximum Gasteiger partial charge on any atom is 0.163 e. The smallest absolute Gasteiger partial charge is 0.163 e. The highest BCUT2D eigenvalue weighted by Crippen LogP contribution is 2.30. The predicted molar refractivity (Wildman–Crippen MR) is 72.7 cm³/mol. The Morgan fingerprint density at radius 3 is 2.56 bits per heavy atom. The molecule has 18 heavy (non-hydrogen) atoms. The monoisotopic (exact) mass is 260 g/mol. The van der Waals surface area contributed by atoms with E-state index < -0.39 is 0 Å². The van der Waals surface area contributed by atoms with Crippen molar-refractivity contribution in [2.75, 3.05) is 0 Å². The molecule has 0 spiro atoms. The van der Waals surface area contributed by atoms with Crippen molar-refractivity contribution in [2.24, 2.45) is 0 Å². The van der Waals surface area contributed by atoms with Crippen LogP contribution in [0.1, 0.15) is 22.8 Å². The van der Waals surface area contributed by atoms with Crippen molar-refractivity contribution in [1.29, 1.82) is 0 Å². The summed E-state index contributed by atoms with van der Waals surface area (Å²) in [4.78, 5) is 11.5. The molecule has 2 rings (SSSR count). The summed E-state index contributed by atoms with van der Waals surface area (Å²) in [6.45, 7) is 3.45. The molecule has 0 aliphatic rings. The number of Topliss-reactive ketones (excluding diaryl/α,β-unsaturated/α-hetero) is 1. The molecule has 0 aliphatic carbocycles.